The zero-order valence-electron chi connectivity index (χ0n) is 53.7. The van der Waals surface area contributed by atoms with E-state index in [0.717, 1.165) is 50.5 Å². The zero-order chi connectivity index (χ0) is 66.7. The van der Waals surface area contributed by atoms with Gasteiger partial charge in [0, 0.05) is 62.1 Å². The summed E-state index contributed by atoms with van der Waals surface area (Å²) in [6, 6.07) is 8.23. The molecule has 494 valence electrons. The van der Waals surface area contributed by atoms with Crippen molar-refractivity contribution in [2.75, 3.05) is 49.1 Å². The summed E-state index contributed by atoms with van der Waals surface area (Å²) < 4.78 is 55.2. The quantitative estimate of drug-likeness (QED) is 0.0735. The second-order valence-corrected chi connectivity index (χ2v) is 22.9. The number of esters is 5. The lowest BCUT2D eigenvalue weighted by Crippen LogP contribution is -2.64. The topological polar surface area (TPSA) is 334 Å². The van der Waals surface area contributed by atoms with Crippen LogP contribution in [0.4, 0.5) is 4.79 Å². The van der Waals surface area contributed by atoms with E-state index in [0.29, 0.717) is 25.8 Å². The standard InChI is InChI=1S/C62H89N5O22/c1-17-34(6)49(45(80-13)30-46(71)67-27-21-24-43(67)50(81-14)35(7)55(72)63-42(59(77)82-15)29-39-22-19-18-20-23-39)65(11)57(74)47(32(2)3)64-56(73)48(33(4)5)66(12)62(79)84-31-40-25-26-44(41(28-40)58(75)76)88-61-54(87-38(10)70)52(86-37(9)69)51(85-36(8)68)53(89-61)60(78)83-16/h18-20,22-23,25-26,28,32-35,42-43,45,47-54,61H,17,21,24,27,29-31H2,1-16H3,(H,63,72)(H,64,73)(H,75,76)/t34?,35-,42+,43+,45-,47+,48+,49+,50-,51+,52+,53+,54-,61?/m1/s1. The number of carbonyl (C=O) groups is 11. The third-order valence-electron chi connectivity index (χ3n) is 15.9. The highest BCUT2D eigenvalue weighted by Gasteiger charge is 2.56. The summed E-state index contributed by atoms with van der Waals surface area (Å²) in [5.74, 6) is -10.6. The number of benzene rings is 2. The average Bonchev–Trinajstić information content (AvgIpc) is 2.00. The van der Waals surface area contributed by atoms with E-state index in [1.807, 2.05) is 44.2 Å². The Balaban J connectivity index is 1.50. The molecule has 4 rings (SSSR count). The number of methoxy groups -OCH3 is 4. The van der Waals surface area contributed by atoms with Crippen LogP contribution in [0.3, 0.4) is 0 Å². The first kappa shape index (κ1) is 73.6. The maximum atomic E-state index is 14.8. The number of rotatable bonds is 30. The molecule has 14 atom stereocenters. The van der Waals surface area contributed by atoms with Crippen molar-refractivity contribution in [3.63, 3.8) is 0 Å². The summed E-state index contributed by atoms with van der Waals surface area (Å²) in [7, 11) is 8.08. The van der Waals surface area contributed by atoms with Crippen LogP contribution in [-0.4, -0.2) is 208 Å². The number of carboxylic acid groups (broad SMARTS) is 1. The van der Waals surface area contributed by atoms with E-state index in [1.165, 1.54) is 39.3 Å². The first-order valence-corrected chi connectivity index (χ1v) is 29.5. The van der Waals surface area contributed by atoms with E-state index >= 15 is 0 Å². The molecule has 89 heavy (non-hydrogen) atoms. The predicted octanol–water partition coefficient (Wildman–Crippen LogP) is 4.01. The van der Waals surface area contributed by atoms with Gasteiger partial charge in [-0.05, 0) is 53.9 Å². The van der Waals surface area contributed by atoms with Crippen LogP contribution in [0.2, 0.25) is 0 Å². The molecule has 2 aromatic carbocycles. The minimum absolute atomic E-state index is 0.115. The number of likely N-dealkylation sites (N-methyl/N-ethyl adjacent to an activating group) is 2. The highest BCUT2D eigenvalue weighted by Crippen LogP contribution is 2.34. The Morgan fingerprint density at radius 3 is 1.89 bits per heavy atom. The Labute approximate surface area is 519 Å². The number of aromatic carboxylic acids is 1. The van der Waals surface area contributed by atoms with Crippen LogP contribution in [0.25, 0.3) is 0 Å². The van der Waals surface area contributed by atoms with Crippen molar-refractivity contribution in [1.29, 1.82) is 0 Å². The van der Waals surface area contributed by atoms with Gasteiger partial charge in [0.25, 0.3) is 0 Å². The van der Waals surface area contributed by atoms with E-state index < -0.39 is 168 Å². The Morgan fingerprint density at radius 2 is 1.35 bits per heavy atom. The molecule has 2 unspecified atom stereocenters. The van der Waals surface area contributed by atoms with E-state index in [9.17, 15) is 57.8 Å². The van der Waals surface area contributed by atoms with Gasteiger partial charge in [0.1, 0.15) is 36.0 Å². The van der Waals surface area contributed by atoms with Crippen molar-refractivity contribution < 1.29 is 105 Å². The lowest BCUT2D eigenvalue weighted by atomic mass is 9.89. The highest BCUT2D eigenvalue weighted by atomic mass is 16.7. The number of carboxylic acids is 1. The third kappa shape index (κ3) is 19.5. The molecule has 2 aliphatic rings. The minimum atomic E-state index is -1.88. The summed E-state index contributed by atoms with van der Waals surface area (Å²) in [6.07, 6.45) is -9.74. The summed E-state index contributed by atoms with van der Waals surface area (Å²) in [6.45, 7) is 15.2. The van der Waals surface area contributed by atoms with Crippen LogP contribution >= 0.6 is 0 Å². The fraction of sp³-hybridized carbons (Fsp3) is 0.629. The summed E-state index contributed by atoms with van der Waals surface area (Å²) in [5.41, 5.74) is 0.394. The molecule has 2 saturated heterocycles. The van der Waals surface area contributed by atoms with Crippen LogP contribution < -0.4 is 15.4 Å². The molecular weight excluding hydrogens is 1170 g/mol. The number of hydrogen-bond donors (Lipinski definition) is 3. The molecule has 5 amide bonds. The van der Waals surface area contributed by atoms with E-state index in [4.69, 9.17) is 47.4 Å². The van der Waals surface area contributed by atoms with Gasteiger partial charge in [-0.15, -0.1) is 0 Å². The zero-order valence-corrected chi connectivity index (χ0v) is 53.7. The van der Waals surface area contributed by atoms with Gasteiger partial charge in [-0.3, -0.25) is 38.5 Å². The molecule has 0 bridgehead atoms. The average molecular weight is 1260 g/mol. The smallest absolute Gasteiger partial charge is 0.410 e. The Hall–Kier alpha value is -7.91. The van der Waals surface area contributed by atoms with Crippen molar-refractivity contribution in [2.45, 2.75) is 181 Å². The fourth-order valence-electron chi connectivity index (χ4n) is 11.3. The highest BCUT2D eigenvalue weighted by molar-refractivity contribution is 5.93. The van der Waals surface area contributed by atoms with Crippen molar-refractivity contribution in [3.8, 4) is 5.75 Å². The largest absolute Gasteiger partial charge is 0.478 e. The van der Waals surface area contributed by atoms with Gasteiger partial charge in [0.2, 0.25) is 36.0 Å². The number of hydrogen-bond acceptors (Lipinski definition) is 21. The van der Waals surface area contributed by atoms with Crippen LogP contribution in [-0.2, 0) is 98.8 Å². The second-order valence-electron chi connectivity index (χ2n) is 22.9. The molecule has 0 aromatic heterocycles. The molecule has 2 aromatic rings. The molecule has 2 aliphatic heterocycles. The Kier molecular flexibility index (Phi) is 28.2. The number of amides is 5. The summed E-state index contributed by atoms with van der Waals surface area (Å²) in [5, 5.41) is 16.0. The monoisotopic (exact) mass is 1260 g/mol. The van der Waals surface area contributed by atoms with Crippen molar-refractivity contribution >= 4 is 65.5 Å². The number of likely N-dealkylation sites (tertiary alicyclic amines) is 1. The maximum Gasteiger partial charge on any atom is 0.410 e. The SMILES string of the molecule is CCC(C)[C@@H]([C@@H](CC(=O)N1CCC[C@H]1[C@H](OC)[C@@H](C)C(=O)N[C@@H](Cc1ccccc1)C(=O)OC)OC)N(C)C(=O)[C@@H](NC(=O)[C@H](C(C)C)N(C)C(=O)OCc1ccc(OC2O[C@H](C(=O)OC)[C@@H](OC(C)=O)[C@H](OC(C)=O)[C@H]2OC(C)=O)c(C(=O)O)c1)C(C)C. The Morgan fingerprint density at radius 1 is 0.730 bits per heavy atom. The van der Waals surface area contributed by atoms with E-state index in [-0.39, 0.29) is 30.2 Å². The van der Waals surface area contributed by atoms with Crippen LogP contribution in [0.1, 0.15) is 116 Å². The van der Waals surface area contributed by atoms with Crippen LogP contribution in [0.15, 0.2) is 48.5 Å². The second kappa shape index (κ2) is 34.2. The maximum absolute atomic E-state index is 14.8. The van der Waals surface area contributed by atoms with E-state index in [1.54, 1.807) is 46.6 Å². The van der Waals surface area contributed by atoms with Gasteiger partial charge in [-0.2, -0.15) is 0 Å². The van der Waals surface area contributed by atoms with Crippen LogP contribution in [0, 0.1) is 23.7 Å². The Bertz CT molecular complexity index is 2800. The van der Waals surface area contributed by atoms with Gasteiger partial charge in [-0.1, -0.05) is 91.3 Å². The molecule has 2 fully saturated rings. The van der Waals surface area contributed by atoms with E-state index in [2.05, 4.69) is 10.6 Å². The number of carbonyl (C=O) groups excluding carboxylic acids is 10. The van der Waals surface area contributed by atoms with Gasteiger partial charge < -0.3 is 72.9 Å². The summed E-state index contributed by atoms with van der Waals surface area (Å²) in [4.78, 5) is 151. The van der Waals surface area contributed by atoms with Gasteiger partial charge >= 0.3 is 41.9 Å². The fourth-order valence-corrected chi connectivity index (χ4v) is 11.3. The minimum Gasteiger partial charge on any atom is -0.478 e. The predicted molar refractivity (Wildman–Crippen MR) is 315 cm³/mol. The van der Waals surface area contributed by atoms with Crippen molar-refractivity contribution in [2.24, 2.45) is 23.7 Å². The van der Waals surface area contributed by atoms with Gasteiger partial charge in [0.15, 0.2) is 18.3 Å². The molecule has 0 saturated carbocycles. The summed E-state index contributed by atoms with van der Waals surface area (Å²) >= 11 is 0. The molecule has 0 spiro atoms. The normalized spacial score (nSPS) is 20.8. The lowest BCUT2D eigenvalue weighted by molar-refractivity contribution is -0.282. The first-order chi connectivity index (χ1) is 42.0. The number of nitrogens with one attached hydrogen (secondary N) is 2. The third-order valence-corrected chi connectivity index (χ3v) is 15.9. The first-order valence-electron chi connectivity index (χ1n) is 29.5. The molecular formula is C62H89N5O22. The number of nitrogens with zero attached hydrogens (tertiary/aromatic N) is 3. The molecule has 3 N–H and O–H groups in total. The number of ether oxygens (including phenoxy) is 10. The van der Waals surface area contributed by atoms with Crippen molar-refractivity contribution in [3.05, 3.63) is 65.2 Å². The van der Waals surface area contributed by atoms with Gasteiger partial charge in [0.05, 0.1) is 50.8 Å². The van der Waals surface area contributed by atoms with Crippen LogP contribution in [0.5, 0.6) is 5.75 Å². The van der Waals surface area contributed by atoms with Gasteiger partial charge in [-0.25, -0.2) is 19.2 Å². The molecule has 2 heterocycles. The van der Waals surface area contributed by atoms with Crippen molar-refractivity contribution in [1.82, 2.24) is 25.3 Å². The lowest BCUT2D eigenvalue weighted by Gasteiger charge is -2.43. The molecule has 27 heteroatoms. The molecule has 27 nitrogen and oxygen atoms in total. The molecule has 0 radical (unpaired) electrons. The molecule has 0 aliphatic carbocycles.